The number of carbonyl (C=O) groups excluding carboxylic acids is 1. The smallest absolute Gasteiger partial charge is 0.257 e. The van der Waals surface area contributed by atoms with Crippen molar-refractivity contribution in [2.24, 2.45) is 0 Å². The molecule has 1 fully saturated rings. The Morgan fingerprint density at radius 2 is 2.22 bits per heavy atom. The van der Waals surface area contributed by atoms with Crippen molar-refractivity contribution >= 4 is 5.91 Å². The average Bonchev–Trinajstić information content (AvgIpc) is 3.17. The summed E-state index contributed by atoms with van der Waals surface area (Å²) < 4.78 is 5.71. The second-order valence-corrected chi connectivity index (χ2v) is 6.03. The summed E-state index contributed by atoms with van der Waals surface area (Å²) in [5.41, 5.74) is -0.193. The van der Waals surface area contributed by atoms with Crippen LogP contribution in [0.3, 0.4) is 0 Å². The van der Waals surface area contributed by atoms with E-state index in [0.717, 1.165) is 0 Å². The summed E-state index contributed by atoms with van der Waals surface area (Å²) in [6.07, 6.45) is 1.90. The van der Waals surface area contributed by atoms with Gasteiger partial charge in [-0.1, -0.05) is 12.1 Å². The second kappa shape index (κ2) is 6.00. The lowest BCUT2D eigenvalue weighted by molar-refractivity contribution is 0.0380. The number of aromatic nitrogens is 3. The van der Waals surface area contributed by atoms with Gasteiger partial charge in [-0.15, -0.1) is 0 Å². The highest BCUT2D eigenvalue weighted by atomic mass is 16.5. The number of ether oxygens (including phenoxy) is 1. The number of benzene rings is 1. The molecule has 0 aliphatic carbocycles. The first-order valence-corrected chi connectivity index (χ1v) is 7.63. The summed E-state index contributed by atoms with van der Waals surface area (Å²) in [6, 6.07) is 7.17. The number of β-amino-alcohol motifs (C(OH)–C–C–N with tert-alkyl or cyclic N) is 1. The van der Waals surface area contributed by atoms with E-state index in [1.165, 1.54) is 6.20 Å². The maximum atomic E-state index is 12.8. The Balaban J connectivity index is 1.80. The number of H-pyrrole nitrogens is 1. The van der Waals surface area contributed by atoms with Crippen molar-refractivity contribution in [3.05, 3.63) is 41.7 Å². The van der Waals surface area contributed by atoms with E-state index in [4.69, 9.17) is 4.74 Å². The number of nitrogens with zero attached hydrogens (tertiary/aromatic N) is 3. The highest BCUT2D eigenvalue weighted by Crippen LogP contribution is 2.32. The van der Waals surface area contributed by atoms with Crippen molar-refractivity contribution in [2.75, 3.05) is 13.1 Å². The largest absolute Gasteiger partial charge is 0.490 e. The Morgan fingerprint density at radius 1 is 1.43 bits per heavy atom. The first-order chi connectivity index (χ1) is 11.0. The van der Waals surface area contributed by atoms with Crippen molar-refractivity contribution in [1.82, 2.24) is 20.3 Å². The molecule has 23 heavy (non-hydrogen) atoms. The van der Waals surface area contributed by atoms with Gasteiger partial charge < -0.3 is 14.7 Å². The van der Waals surface area contributed by atoms with E-state index in [1.54, 1.807) is 23.1 Å². The van der Waals surface area contributed by atoms with Crippen LogP contribution in [0.1, 0.15) is 36.3 Å². The Hall–Kier alpha value is -2.41. The minimum absolute atomic E-state index is 0.0189. The van der Waals surface area contributed by atoms with Crippen molar-refractivity contribution in [3.63, 3.8) is 0 Å². The van der Waals surface area contributed by atoms with Crippen molar-refractivity contribution < 1.29 is 14.6 Å². The van der Waals surface area contributed by atoms with Gasteiger partial charge in [0, 0.05) is 13.0 Å². The predicted molar refractivity (Wildman–Crippen MR) is 83.0 cm³/mol. The standard InChI is InChI=1S/C16H20N4O3/c1-11(2)23-13-6-4-3-5-12(13)15(21)20-8-7-16(22,10-20)14-9-17-19-18-14/h3-6,9,11,22H,7-8,10H2,1-2H3,(H,17,18,19). The number of hydrogen-bond donors (Lipinski definition) is 2. The number of rotatable bonds is 4. The molecular formula is C16H20N4O3. The van der Waals surface area contributed by atoms with Gasteiger partial charge in [0.2, 0.25) is 0 Å². The maximum absolute atomic E-state index is 12.8. The monoisotopic (exact) mass is 316 g/mol. The van der Waals surface area contributed by atoms with Crippen LogP contribution >= 0.6 is 0 Å². The fourth-order valence-electron chi connectivity index (χ4n) is 2.77. The molecule has 122 valence electrons. The van der Waals surface area contributed by atoms with Crippen LogP contribution in [0.2, 0.25) is 0 Å². The molecule has 1 atom stereocenters. The van der Waals surface area contributed by atoms with E-state index < -0.39 is 5.60 Å². The average molecular weight is 316 g/mol. The second-order valence-electron chi connectivity index (χ2n) is 6.03. The van der Waals surface area contributed by atoms with Crippen LogP contribution in [0.5, 0.6) is 5.75 Å². The van der Waals surface area contributed by atoms with E-state index >= 15 is 0 Å². The summed E-state index contributed by atoms with van der Waals surface area (Å²) in [5, 5.41) is 20.9. The molecule has 0 spiro atoms. The van der Waals surface area contributed by atoms with Gasteiger partial charge in [0.25, 0.3) is 5.91 Å². The molecule has 0 bridgehead atoms. The van der Waals surface area contributed by atoms with E-state index in [2.05, 4.69) is 15.4 Å². The van der Waals surface area contributed by atoms with Crippen LogP contribution in [-0.4, -0.2) is 50.5 Å². The topological polar surface area (TPSA) is 91.3 Å². The van der Waals surface area contributed by atoms with Crippen molar-refractivity contribution in [2.45, 2.75) is 32.0 Å². The van der Waals surface area contributed by atoms with Gasteiger partial charge in [0.15, 0.2) is 0 Å². The summed E-state index contributed by atoms with van der Waals surface area (Å²) in [5.74, 6) is 0.407. The normalized spacial score (nSPS) is 21.0. The summed E-state index contributed by atoms with van der Waals surface area (Å²) in [6.45, 7) is 4.48. The van der Waals surface area contributed by atoms with Crippen LogP contribution < -0.4 is 4.74 Å². The van der Waals surface area contributed by atoms with Gasteiger partial charge >= 0.3 is 0 Å². The third-order valence-corrected chi connectivity index (χ3v) is 3.91. The number of nitrogens with one attached hydrogen (secondary N) is 1. The predicted octanol–water partition coefficient (Wildman–Crippen LogP) is 1.33. The van der Waals surface area contributed by atoms with Gasteiger partial charge in [-0.25, -0.2) is 0 Å². The van der Waals surface area contributed by atoms with Crippen LogP contribution in [0.15, 0.2) is 30.5 Å². The zero-order valence-electron chi connectivity index (χ0n) is 13.2. The van der Waals surface area contributed by atoms with Crippen LogP contribution in [0.25, 0.3) is 0 Å². The molecule has 1 aliphatic heterocycles. The number of para-hydroxylation sites is 1. The number of hydrogen-bond acceptors (Lipinski definition) is 5. The molecule has 0 saturated carbocycles. The fourth-order valence-corrected chi connectivity index (χ4v) is 2.77. The van der Waals surface area contributed by atoms with Crippen LogP contribution in [0.4, 0.5) is 0 Å². The van der Waals surface area contributed by atoms with Crippen molar-refractivity contribution in [3.8, 4) is 5.75 Å². The highest BCUT2D eigenvalue weighted by Gasteiger charge is 2.42. The van der Waals surface area contributed by atoms with E-state index in [9.17, 15) is 9.90 Å². The molecule has 3 rings (SSSR count). The molecule has 1 amide bonds. The van der Waals surface area contributed by atoms with Gasteiger partial charge in [-0.2, -0.15) is 15.4 Å². The number of aromatic amines is 1. The third-order valence-electron chi connectivity index (χ3n) is 3.91. The summed E-state index contributed by atoms with van der Waals surface area (Å²) >= 11 is 0. The van der Waals surface area contributed by atoms with E-state index in [1.807, 2.05) is 19.9 Å². The number of aliphatic hydroxyl groups is 1. The lowest BCUT2D eigenvalue weighted by atomic mass is 10.00. The lowest BCUT2D eigenvalue weighted by Crippen LogP contribution is -2.35. The zero-order valence-corrected chi connectivity index (χ0v) is 13.2. The van der Waals surface area contributed by atoms with Gasteiger partial charge in [0.05, 0.1) is 24.4 Å². The first-order valence-electron chi connectivity index (χ1n) is 7.63. The molecular weight excluding hydrogens is 296 g/mol. The van der Waals surface area contributed by atoms with Gasteiger partial charge in [0.1, 0.15) is 17.0 Å². The Bertz CT molecular complexity index is 686. The first kappa shape index (κ1) is 15.5. The molecule has 1 aromatic heterocycles. The maximum Gasteiger partial charge on any atom is 0.257 e. The Morgan fingerprint density at radius 3 is 2.91 bits per heavy atom. The quantitative estimate of drug-likeness (QED) is 0.888. The SMILES string of the molecule is CC(C)Oc1ccccc1C(=O)N1CCC(O)(c2cn[nH]n2)C1. The Labute approximate surface area is 134 Å². The fraction of sp³-hybridized carbons (Fsp3) is 0.438. The van der Waals surface area contributed by atoms with Gasteiger partial charge in [-0.05, 0) is 26.0 Å². The van der Waals surface area contributed by atoms with Crippen LogP contribution in [-0.2, 0) is 5.60 Å². The molecule has 1 aliphatic rings. The molecule has 2 aromatic rings. The molecule has 7 nitrogen and oxygen atoms in total. The summed E-state index contributed by atoms with van der Waals surface area (Å²) in [7, 11) is 0. The molecule has 2 N–H and O–H groups in total. The van der Waals surface area contributed by atoms with Crippen molar-refractivity contribution in [1.29, 1.82) is 0 Å². The molecule has 7 heteroatoms. The number of likely N-dealkylation sites (tertiary alicyclic amines) is 1. The molecule has 1 unspecified atom stereocenters. The summed E-state index contributed by atoms with van der Waals surface area (Å²) in [4.78, 5) is 14.4. The number of amides is 1. The van der Waals surface area contributed by atoms with Crippen LogP contribution in [0, 0.1) is 0 Å². The minimum Gasteiger partial charge on any atom is -0.490 e. The molecule has 1 aromatic carbocycles. The van der Waals surface area contributed by atoms with E-state index in [0.29, 0.717) is 30.0 Å². The third kappa shape index (κ3) is 3.05. The molecule has 1 saturated heterocycles. The van der Waals surface area contributed by atoms with E-state index in [-0.39, 0.29) is 18.6 Å². The Kier molecular flexibility index (Phi) is 4.04. The van der Waals surface area contributed by atoms with Gasteiger partial charge in [-0.3, -0.25) is 4.79 Å². The highest BCUT2D eigenvalue weighted by molar-refractivity contribution is 5.97. The zero-order chi connectivity index (χ0) is 16.4. The minimum atomic E-state index is -1.16. The number of carbonyl (C=O) groups is 1. The lowest BCUT2D eigenvalue weighted by Gasteiger charge is -2.22. The molecule has 0 radical (unpaired) electrons. The molecule has 2 heterocycles.